The van der Waals surface area contributed by atoms with Crippen LogP contribution in [0.15, 0.2) is 18.2 Å². The van der Waals surface area contributed by atoms with Gasteiger partial charge in [-0.15, -0.1) is 0 Å². The number of nitrogens with two attached hydrogens (primary N) is 1. The van der Waals surface area contributed by atoms with E-state index in [1.54, 1.807) is 12.1 Å². The van der Waals surface area contributed by atoms with E-state index >= 15 is 0 Å². The molecule has 1 aromatic carbocycles. The van der Waals surface area contributed by atoms with Crippen LogP contribution in [0.25, 0.3) is 11.6 Å². The van der Waals surface area contributed by atoms with Gasteiger partial charge in [0.25, 0.3) is 11.8 Å². The van der Waals surface area contributed by atoms with Gasteiger partial charge in [0.1, 0.15) is 5.82 Å². The van der Waals surface area contributed by atoms with Crippen LogP contribution in [0, 0.1) is 5.82 Å². The van der Waals surface area contributed by atoms with Crippen molar-refractivity contribution in [3.05, 3.63) is 46.5 Å². The summed E-state index contributed by atoms with van der Waals surface area (Å²) >= 11 is 0. The Bertz CT molecular complexity index is 898. The summed E-state index contributed by atoms with van der Waals surface area (Å²) in [6.07, 6.45) is 2.31. The predicted molar refractivity (Wildman–Crippen MR) is 84.1 cm³/mol. The highest BCUT2D eigenvalue weighted by Gasteiger charge is 2.27. The minimum absolute atomic E-state index is 0.140. The molecule has 2 aromatic rings. The van der Waals surface area contributed by atoms with E-state index in [4.69, 9.17) is 5.73 Å². The highest BCUT2D eigenvalue weighted by Crippen LogP contribution is 2.38. The first-order valence-corrected chi connectivity index (χ1v) is 7.15. The summed E-state index contributed by atoms with van der Waals surface area (Å²) < 4.78 is 13.6. The molecule has 5 N–H and O–H groups in total. The predicted octanol–water partition coefficient (Wildman–Crippen LogP) is 1.51. The molecule has 0 bridgehead atoms. The van der Waals surface area contributed by atoms with E-state index in [1.807, 2.05) is 0 Å². The first-order chi connectivity index (χ1) is 11.0. The van der Waals surface area contributed by atoms with Crippen molar-refractivity contribution in [1.29, 1.82) is 0 Å². The quantitative estimate of drug-likeness (QED) is 0.474. The van der Waals surface area contributed by atoms with Crippen molar-refractivity contribution in [3.8, 4) is 0 Å². The lowest BCUT2D eigenvalue weighted by molar-refractivity contribution is -0.110. The zero-order valence-corrected chi connectivity index (χ0v) is 12.0. The molecule has 0 radical (unpaired) electrons. The Hall–Kier alpha value is -3.09. The molecule has 2 amide bonds. The van der Waals surface area contributed by atoms with Crippen molar-refractivity contribution in [2.75, 3.05) is 17.6 Å². The Morgan fingerprint density at radius 2 is 1.96 bits per heavy atom. The van der Waals surface area contributed by atoms with Crippen molar-refractivity contribution in [2.45, 2.75) is 6.42 Å². The normalized spacial score (nSPS) is 17.7. The molecule has 1 aromatic heterocycles. The molecule has 2 aliphatic heterocycles. The van der Waals surface area contributed by atoms with Gasteiger partial charge in [0.05, 0.1) is 22.5 Å². The molecular formula is C16H13FN4O2. The molecule has 116 valence electrons. The largest absolute Gasteiger partial charge is 0.397 e. The molecule has 4 rings (SSSR count). The van der Waals surface area contributed by atoms with Gasteiger partial charge in [0.15, 0.2) is 0 Å². The zero-order valence-electron chi connectivity index (χ0n) is 12.0. The number of carbonyl (C=O) groups is 2. The van der Waals surface area contributed by atoms with Gasteiger partial charge in [-0.1, -0.05) is 0 Å². The summed E-state index contributed by atoms with van der Waals surface area (Å²) in [4.78, 5) is 27.1. The van der Waals surface area contributed by atoms with Crippen LogP contribution in [-0.4, -0.2) is 23.3 Å². The molecule has 2 aliphatic rings. The number of rotatable bonds is 1. The number of hydrogen-bond acceptors (Lipinski definition) is 3. The highest BCUT2D eigenvalue weighted by molar-refractivity contribution is 6.35. The van der Waals surface area contributed by atoms with Crippen molar-refractivity contribution in [3.63, 3.8) is 0 Å². The fourth-order valence-electron chi connectivity index (χ4n) is 2.98. The number of anilines is 2. The number of aromatic nitrogens is 1. The molecule has 0 spiro atoms. The Balaban J connectivity index is 1.82. The SMILES string of the molecule is Nc1cc(F)cc2c1NC(=O)/C2=C\c1cc2c([nH]1)CCNC2=O. The van der Waals surface area contributed by atoms with Gasteiger partial charge in [-0.3, -0.25) is 9.59 Å². The number of amides is 2. The molecule has 0 aliphatic carbocycles. The van der Waals surface area contributed by atoms with E-state index in [0.717, 1.165) is 5.69 Å². The number of aromatic amines is 1. The van der Waals surface area contributed by atoms with Crippen LogP contribution in [0.2, 0.25) is 0 Å². The van der Waals surface area contributed by atoms with Gasteiger partial charge in [0, 0.05) is 29.9 Å². The fraction of sp³-hybridized carbons (Fsp3) is 0.125. The lowest BCUT2D eigenvalue weighted by Crippen LogP contribution is -2.31. The van der Waals surface area contributed by atoms with Gasteiger partial charge in [-0.2, -0.15) is 0 Å². The standard InChI is InChI=1S/C16H13FN4O2/c17-7-3-9-10(16(23)21-14(9)12(18)4-7)5-8-6-11-13(20-8)1-2-19-15(11)22/h3-6,20H,1-2,18H2,(H,19,22)(H,21,23)/b10-5-. The summed E-state index contributed by atoms with van der Waals surface area (Å²) in [5, 5.41) is 5.40. The zero-order chi connectivity index (χ0) is 16.1. The second-order valence-electron chi connectivity index (χ2n) is 5.55. The molecule has 0 saturated heterocycles. The average molecular weight is 312 g/mol. The lowest BCUT2D eigenvalue weighted by Gasteiger charge is -2.10. The minimum Gasteiger partial charge on any atom is -0.397 e. The summed E-state index contributed by atoms with van der Waals surface area (Å²) in [5.74, 6) is -0.998. The van der Waals surface area contributed by atoms with Crippen LogP contribution in [0.1, 0.15) is 27.3 Å². The third kappa shape index (κ3) is 2.09. The molecular weight excluding hydrogens is 299 g/mol. The van der Waals surface area contributed by atoms with Crippen LogP contribution in [0.4, 0.5) is 15.8 Å². The Morgan fingerprint density at radius 1 is 1.13 bits per heavy atom. The van der Waals surface area contributed by atoms with Gasteiger partial charge in [-0.05, 0) is 24.3 Å². The van der Waals surface area contributed by atoms with Gasteiger partial charge < -0.3 is 21.4 Å². The van der Waals surface area contributed by atoms with E-state index in [2.05, 4.69) is 15.6 Å². The molecule has 0 atom stereocenters. The molecule has 23 heavy (non-hydrogen) atoms. The number of carbonyl (C=O) groups excluding carboxylic acids is 2. The summed E-state index contributed by atoms with van der Waals surface area (Å²) in [5.41, 5.74) is 9.09. The number of H-pyrrole nitrogens is 1. The first kappa shape index (κ1) is 13.6. The van der Waals surface area contributed by atoms with E-state index in [-0.39, 0.29) is 17.5 Å². The minimum atomic E-state index is -0.506. The van der Waals surface area contributed by atoms with Gasteiger partial charge in [0.2, 0.25) is 0 Å². The Kier molecular flexibility index (Phi) is 2.77. The van der Waals surface area contributed by atoms with Crippen molar-refractivity contribution in [1.82, 2.24) is 10.3 Å². The smallest absolute Gasteiger partial charge is 0.256 e. The van der Waals surface area contributed by atoms with Crippen LogP contribution in [0.3, 0.4) is 0 Å². The van der Waals surface area contributed by atoms with Crippen molar-refractivity contribution >= 4 is 34.8 Å². The second kappa shape index (κ2) is 4.70. The number of nitrogens with one attached hydrogen (secondary N) is 3. The third-order valence-electron chi connectivity index (χ3n) is 4.03. The Morgan fingerprint density at radius 3 is 2.74 bits per heavy atom. The van der Waals surface area contributed by atoms with Crippen molar-refractivity contribution < 1.29 is 14.0 Å². The molecule has 6 nitrogen and oxygen atoms in total. The lowest BCUT2D eigenvalue weighted by atomic mass is 10.0. The molecule has 7 heteroatoms. The third-order valence-corrected chi connectivity index (χ3v) is 4.03. The maximum atomic E-state index is 13.6. The second-order valence-corrected chi connectivity index (χ2v) is 5.55. The topological polar surface area (TPSA) is 100 Å². The van der Waals surface area contributed by atoms with E-state index in [1.165, 1.54) is 12.1 Å². The number of fused-ring (bicyclic) bond motifs is 2. The van der Waals surface area contributed by atoms with Crippen LogP contribution in [0.5, 0.6) is 0 Å². The van der Waals surface area contributed by atoms with E-state index in [9.17, 15) is 14.0 Å². The maximum Gasteiger partial charge on any atom is 0.256 e. The average Bonchev–Trinajstić information content (AvgIpc) is 3.04. The molecule has 0 fully saturated rings. The maximum absolute atomic E-state index is 13.6. The summed E-state index contributed by atoms with van der Waals surface area (Å²) in [6.45, 7) is 0.577. The van der Waals surface area contributed by atoms with Crippen molar-refractivity contribution in [2.24, 2.45) is 0 Å². The molecule has 3 heterocycles. The van der Waals surface area contributed by atoms with Gasteiger partial charge >= 0.3 is 0 Å². The number of nitrogen functional groups attached to an aromatic ring is 1. The Labute approximate surface area is 130 Å². The summed E-state index contributed by atoms with van der Waals surface area (Å²) in [7, 11) is 0. The molecule has 0 unspecified atom stereocenters. The van der Waals surface area contributed by atoms with Gasteiger partial charge in [-0.25, -0.2) is 4.39 Å². The van der Waals surface area contributed by atoms with Crippen LogP contribution in [-0.2, 0) is 11.2 Å². The highest BCUT2D eigenvalue weighted by atomic mass is 19.1. The number of halogens is 1. The van der Waals surface area contributed by atoms with E-state index in [0.29, 0.717) is 41.0 Å². The van der Waals surface area contributed by atoms with E-state index < -0.39 is 5.82 Å². The monoisotopic (exact) mass is 312 g/mol. The fourth-order valence-corrected chi connectivity index (χ4v) is 2.98. The number of benzene rings is 1. The molecule has 0 saturated carbocycles. The van der Waals surface area contributed by atoms with Crippen LogP contribution >= 0.6 is 0 Å². The number of hydrogen-bond donors (Lipinski definition) is 4. The van der Waals surface area contributed by atoms with Crippen LogP contribution < -0.4 is 16.4 Å². The summed E-state index contributed by atoms with van der Waals surface area (Å²) in [6, 6.07) is 4.12. The first-order valence-electron chi connectivity index (χ1n) is 7.15.